The number of allylic oxidation sites excluding steroid dienone is 1. The first-order chi connectivity index (χ1) is 7.15. The van der Waals surface area contributed by atoms with E-state index in [2.05, 4.69) is 0 Å². The number of rotatable bonds is 4. The van der Waals surface area contributed by atoms with Gasteiger partial charge in [-0.05, 0) is 24.1 Å². The molecule has 0 amide bonds. The van der Waals surface area contributed by atoms with Crippen molar-refractivity contribution in [3.63, 3.8) is 0 Å². The normalized spacial score (nSPS) is 10.8. The summed E-state index contributed by atoms with van der Waals surface area (Å²) in [6.07, 6.45) is 4.21. The number of hydrogen-bond acceptors (Lipinski definition) is 1. The summed E-state index contributed by atoms with van der Waals surface area (Å²) in [6.45, 7) is 0. The van der Waals surface area contributed by atoms with Crippen LogP contribution in [0.15, 0.2) is 24.3 Å². The van der Waals surface area contributed by atoms with Gasteiger partial charge in [-0.1, -0.05) is 18.2 Å². The van der Waals surface area contributed by atoms with Crippen LogP contribution in [0.5, 0.6) is 0 Å². The highest BCUT2D eigenvalue weighted by Crippen LogP contribution is 2.12. The number of benzene rings is 1. The third-order valence-electron chi connectivity index (χ3n) is 1.81. The van der Waals surface area contributed by atoms with Crippen molar-refractivity contribution in [1.29, 1.82) is 0 Å². The zero-order valence-corrected chi connectivity index (χ0v) is 8.67. The van der Waals surface area contributed by atoms with E-state index >= 15 is 0 Å². The van der Waals surface area contributed by atoms with Gasteiger partial charge in [0.25, 0.3) is 0 Å². The van der Waals surface area contributed by atoms with Crippen LogP contribution in [0.2, 0.25) is 0 Å². The van der Waals surface area contributed by atoms with Crippen LogP contribution < -0.4 is 0 Å². The van der Waals surface area contributed by atoms with E-state index in [-0.39, 0.29) is 5.56 Å². The van der Waals surface area contributed by atoms with Crippen molar-refractivity contribution in [3.05, 3.63) is 41.2 Å². The number of carboxylic acid groups (broad SMARTS) is 1. The van der Waals surface area contributed by atoms with Crippen LogP contribution in [0.25, 0.3) is 6.08 Å². The van der Waals surface area contributed by atoms with Crippen molar-refractivity contribution in [1.82, 2.24) is 0 Å². The number of aromatic carboxylic acids is 1. The number of carbonyl (C=O) groups is 1. The molecule has 1 rings (SSSR count). The first-order valence-electron chi connectivity index (χ1n) is 4.40. The van der Waals surface area contributed by atoms with Gasteiger partial charge in [0.15, 0.2) is 0 Å². The average Bonchev–Trinajstić information content (AvgIpc) is 2.17. The zero-order chi connectivity index (χ0) is 11.3. The molecule has 0 fully saturated rings. The van der Waals surface area contributed by atoms with E-state index in [1.165, 1.54) is 12.1 Å². The first-order valence-corrected chi connectivity index (χ1v) is 4.94. The van der Waals surface area contributed by atoms with Gasteiger partial charge in [-0.15, -0.1) is 11.6 Å². The summed E-state index contributed by atoms with van der Waals surface area (Å²) in [5, 5.41) is 8.60. The smallest absolute Gasteiger partial charge is 0.338 e. The van der Waals surface area contributed by atoms with Crippen molar-refractivity contribution in [2.24, 2.45) is 0 Å². The maximum Gasteiger partial charge on any atom is 0.338 e. The molecule has 0 atom stereocenters. The lowest BCUT2D eigenvalue weighted by atomic mass is 10.1. The molecule has 0 saturated carbocycles. The van der Waals surface area contributed by atoms with Gasteiger partial charge in [0, 0.05) is 5.88 Å². The SMILES string of the molecule is O=C(O)c1ccc(C=CCCCl)cc1F. The van der Waals surface area contributed by atoms with Crippen LogP contribution in [0.4, 0.5) is 4.39 Å². The van der Waals surface area contributed by atoms with Gasteiger partial charge in [-0.3, -0.25) is 0 Å². The Kier molecular flexibility index (Phi) is 4.31. The first kappa shape index (κ1) is 11.7. The van der Waals surface area contributed by atoms with Crippen molar-refractivity contribution in [3.8, 4) is 0 Å². The molecule has 0 aliphatic rings. The topological polar surface area (TPSA) is 37.3 Å². The Morgan fingerprint density at radius 3 is 2.80 bits per heavy atom. The lowest BCUT2D eigenvalue weighted by Gasteiger charge is -1.98. The van der Waals surface area contributed by atoms with Gasteiger partial charge in [-0.25, -0.2) is 9.18 Å². The molecule has 1 N–H and O–H groups in total. The maximum atomic E-state index is 13.2. The summed E-state index contributed by atoms with van der Waals surface area (Å²) in [7, 11) is 0. The number of halogens is 2. The third-order valence-corrected chi connectivity index (χ3v) is 2.03. The van der Waals surface area contributed by atoms with E-state index in [1.54, 1.807) is 12.1 Å². The summed E-state index contributed by atoms with van der Waals surface area (Å²) in [4.78, 5) is 10.5. The average molecular weight is 229 g/mol. The lowest BCUT2D eigenvalue weighted by Crippen LogP contribution is -2.00. The van der Waals surface area contributed by atoms with Crippen LogP contribution in [0.1, 0.15) is 22.3 Å². The van der Waals surface area contributed by atoms with Crippen LogP contribution in [-0.4, -0.2) is 17.0 Å². The summed E-state index contributed by atoms with van der Waals surface area (Å²) in [6, 6.07) is 3.99. The van der Waals surface area contributed by atoms with Crippen LogP contribution >= 0.6 is 11.6 Å². The molecule has 0 radical (unpaired) electrons. The van der Waals surface area contributed by atoms with Gasteiger partial charge < -0.3 is 5.11 Å². The van der Waals surface area contributed by atoms with E-state index in [0.717, 1.165) is 0 Å². The van der Waals surface area contributed by atoms with Gasteiger partial charge in [0.2, 0.25) is 0 Å². The Bertz CT molecular complexity index is 388. The highest BCUT2D eigenvalue weighted by molar-refractivity contribution is 6.17. The standard InChI is InChI=1S/C11H10ClFO2/c12-6-2-1-3-8-4-5-9(11(14)15)10(13)7-8/h1,3-5,7H,2,6H2,(H,14,15). The van der Waals surface area contributed by atoms with Crippen molar-refractivity contribution < 1.29 is 14.3 Å². The largest absolute Gasteiger partial charge is 0.478 e. The molecule has 80 valence electrons. The van der Waals surface area contributed by atoms with Gasteiger partial charge >= 0.3 is 5.97 Å². The highest BCUT2D eigenvalue weighted by Gasteiger charge is 2.08. The molecule has 0 aromatic heterocycles. The Morgan fingerprint density at radius 1 is 1.53 bits per heavy atom. The van der Waals surface area contributed by atoms with Crippen molar-refractivity contribution in [2.45, 2.75) is 6.42 Å². The molecule has 0 saturated heterocycles. The number of hydrogen-bond donors (Lipinski definition) is 1. The Hall–Kier alpha value is -1.35. The monoisotopic (exact) mass is 228 g/mol. The summed E-state index contributed by atoms with van der Waals surface area (Å²) >= 11 is 5.46. The van der Waals surface area contributed by atoms with Crippen molar-refractivity contribution in [2.75, 3.05) is 5.88 Å². The van der Waals surface area contributed by atoms with E-state index in [1.807, 2.05) is 6.08 Å². The Labute approximate surface area is 92.0 Å². The maximum absolute atomic E-state index is 13.2. The van der Waals surface area contributed by atoms with Gasteiger partial charge in [0.1, 0.15) is 5.82 Å². The lowest BCUT2D eigenvalue weighted by molar-refractivity contribution is 0.0692. The quantitative estimate of drug-likeness (QED) is 0.804. The molecule has 4 heteroatoms. The van der Waals surface area contributed by atoms with E-state index in [4.69, 9.17) is 16.7 Å². The fourth-order valence-electron chi connectivity index (χ4n) is 1.09. The number of alkyl halides is 1. The van der Waals surface area contributed by atoms with Crippen molar-refractivity contribution >= 4 is 23.6 Å². The molecule has 0 bridgehead atoms. The minimum atomic E-state index is -1.26. The van der Waals surface area contributed by atoms with E-state index in [0.29, 0.717) is 17.9 Å². The molecular formula is C11H10ClFO2. The molecule has 0 aliphatic carbocycles. The van der Waals surface area contributed by atoms with E-state index < -0.39 is 11.8 Å². The molecule has 0 spiro atoms. The third kappa shape index (κ3) is 3.36. The molecule has 0 unspecified atom stereocenters. The van der Waals surface area contributed by atoms with Gasteiger partial charge in [0.05, 0.1) is 5.56 Å². The minimum Gasteiger partial charge on any atom is -0.478 e. The second-order valence-electron chi connectivity index (χ2n) is 2.92. The number of carboxylic acids is 1. The predicted octanol–water partition coefficient (Wildman–Crippen LogP) is 3.17. The highest BCUT2D eigenvalue weighted by atomic mass is 35.5. The van der Waals surface area contributed by atoms with E-state index in [9.17, 15) is 9.18 Å². The van der Waals surface area contributed by atoms with Crippen LogP contribution in [0, 0.1) is 5.82 Å². The molecule has 1 aromatic carbocycles. The minimum absolute atomic E-state index is 0.315. The Balaban J connectivity index is 2.87. The summed E-state index contributed by atoms with van der Waals surface area (Å²) in [5.41, 5.74) is 0.312. The molecule has 0 aliphatic heterocycles. The Morgan fingerprint density at radius 2 is 2.27 bits per heavy atom. The molecule has 1 aromatic rings. The summed E-state index contributed by atoms with van der Waals surface area (Å²) in [5.74, 6) is -1.48. The predicted molar refractivity (Wildman–Crippen MR) is 57.7 cm³/mol. The molecular weight excluding hydrogens is 219 g/mol. The molecule has 2 nitrogen and oxygen atoms in total. The second-order valence-corrected chi connectivity index (χ2v) is 3.30. The van der Waals surface area contributed by atoms with Gasteiger partial charge in [-0.2, -0.15) is 0 Å². The fraction of sp³-hybridized carbons (Fsp3) is 0.182. The molecule has 0 heterocycles. The van der Waals surface area contributed by atoms with Crippen LogP contribution in [0.3, 0.4) is 0 Å². The second kappa shape index (κ2) is 5.51. The zero-order valence-electron chi connectivity index (χ0n) is 7.91. The van der Waals surface area contributed by atoms with Crippen LogP contribution in [-0.2, 0) is 0 Å². The summed E-state index contributed by atoms with van der Waals surface area (Å²) < 4.78 is 13.2. The fourth-order valence-corrected chi connectivity index (χ4v) is 1.22. The molecule has 15 heavy (non-hydrogen) atoms.